The first-order chi connectivity index (χ1) is 21.8. The number of hydrogen-bond donors (Lipinski definition) is 5. The Morgan fingerprint density at radius 2 is 1.60 bits per heavy atom. The first-order valence-corrected chi connectivity index (χ1v) is 15.5. The molecule has 1 aromatic heterocycles. The van der Waals surface area contributed by atoms with E-state index in [2.05, 4.69) is 25.9 Å². The molecule has 4 rings (SSSR count). The lowest BCUT2D eigenvalue weighted by Crippen LogP contribution is -2.45. The summed E-state index contributed by atoms with van der Waals surface area (Å²) < 4.78 is 7.72. The molecule has 0 unspecified atom stereocenters. The predicted octanol–water partition coefficient (Wildman–Crippen LogP) is 2.17. The van der Waals surface area contributed by atoms with Gasteiger partial charge in [0.15, 0.2) is 5.96 Å². The summed E-state index contributed by atoms with van der Waals surface area (Å²) >= 11 is 0. The quantitative estimate of drug-likeness (QED) is 0.0923. The molecule has 45 heavy (non-hydrogen) atoms. The van der Waals surface area contributed by atoms with Crippen LogP contribution in [-0.4, -0.2) is 59.1 Å². The van der Waals surface area contributed by atoms with Crippen LogP contribution in [0.1, 0.15) is 55.0 Å². The van der Waals surface area contributed by atoms with Crippen LogP contribution in [0.4, 0.5) is 5.82 Å². The standard InChI is InChI=1S/C33H44N8O4/c1-23-22-41(33(44)40-31(23)36-18-19-37-32(34)35)30-20-26(39-29(43)17-9-15-25-12-6-3-7-13-25)27(45-30)21-38-28(42)16-8-14-24-10-4-2-5-11-24/h2-7,10-13,22,26-27,30H,8-9,14-21H2,1H3,(H,38,42)(H,39,43)(H4,34,35,37)(H,36,40,44)/t26-,27+,30+/m0/s1. The molecule has 1 saturated heterocycles. The lowest BCUT2D eigenvalue weighted by atomic mass is 10.1. The van der Waals surface area contributed by atoms with Crippen molar-refractivity contribution in [1.82, 2.24) is 20.2 Å². The number of ether oxygens (including phenoxy) is 1. The molecular weight excluding hydrogens is 572 g/mol. The largest absolute Gasteiger partial charge is 0.370 e. The molecule has 0 aliphatic carbocycles. The topological polar surface area (TPSA) is 179 Å². The third-order valence-corrected chi connectivity index (χ3v) is 7.65. The normalized spacial score (nSPS) is 17.4. The van der Waals surface area contributed by atoms with Gasteiger partial charge in [-0.15, -0.1) is 0 Å². The summed E-state index contributed by atoms with van der Waals surface area (Å²) in [5, 5.41) is 9.14. The van der Waals surface area contributed by atoms with Crippen LogP contribution in [0.25, 0.3) is 0 Å². The zero-order valence-corrected chi connectivity index (χ0v) is 25.8. The molecule has 0 radical (unpaired) electrons. The van der Waals surface area contributed by atoms with Gasteiger partial charge in [0.25, 0.3) is 0 Å². The van der Waals surface area contributed by atoms with Crippen molar-refractivity contribution < 1.29 is 14.3 Å². The summed E-state index contributed by atoms with van der Waals surface area (Å²) in [4.78, 5) is 46.8. The van der Waals surface area contributed by atoms with Crippen molar-refractivity contribution in [1.29, 1.82) is 0 Å². The molecule has 0 bridgehead atoms. The van der Waals surface area contributed by atoms with Gasteiger partial charge in [-0.3, -0.25) is 19.1 Å². The van der Waals surface area contributed by atoms with Gasteiger partial charge in [-0.25, -0.2) is 4.79 Å². The third kappa shape index (κ3) is 10.8. The number of aromatic nitrogens is 2. The van der Waals surface area contributed by atoms with Crippen LogP contribution >= 0.6 is 0 Å². The minimum atomic E-state index is -0.658. The van der Waals surface area contributed by atoms with Crippen LogP contribution in [0.3, 0.4) is 0 Å². The summed E-state index contributed by atoms with van der Waals surface area (Å²) in [6.45, 7) is 2.78. The number of aryl methyl sites for hydroxylation is 3. The van der Waals surface area contributed by atoms with Crippen molar-refractivity contribution in [2.75, 3.05) is 25.0 Å². The maximum atomic E-state index is 13.0. The number of hydrogen-bond acceptors (Lipinski definition) is 7. The van der Waals surface area contributed by atoms with Gasteiger partial charge in [0.05, 0.1) is 18.7 Å². The van der Waals surface area contributed by atoms with Gasteiger partial charge in [0, 0.05) is 44.1 Å². The highest BCUT2D eigenvalue weighted by atomic mass is 16.5. The molecule has 1 fully saturated rings. The molecule has 0 spiro atoms. The van der Waals surface area contributed by atoms with Gasteiger partial charge >= 0.3 is 5.69 Å². The maximum Gasteiger partial charge on any atom is 0.351 e. The van der Waals surface area contributed by atoms with Gasteiger partial charge < -0.3 is 32.2 Å². The van der Waals surface area contributed by atoms with Gasteiger partial charge in [0.2, 0.25) is 11.8 Å². The molecule has 1 aliphatic rings. The zero-order valence-electron chi connectivity index (χ0n) is 25.8. The summed E-state index contributed by atoms with van der Waals surface area (Å²) in [5.41, 5.74) is 13.3. The second-order valence-corrected chi connectivity index (χ2v) is 11.2. The molecule has 2 heterocycles. The minimum Gasteiger partial charge on any atom is -0.370 e. The molecule has 12 heteroatoms. The van der Waals surface area contributed by atoms with Crippen LogP contribution < -0.4 is 33.1 Å². The number of aliphatic imine (C=N–C) groups is 1. The van der Waals surface area contributed by atoms with Crippen molar-refractivity contribution in [3.63, 3.8) is 0 Å². The lowest BCUT2D eigenvalue weighted by molar-refractivity contribution is -0.122. The summed E-state index contributed by atoms with van der Waals surface area (Å²) in [7, 11) is 0. The fraction of sp³-hybridized carbons (Fsp3) is 0.424. The van der Waals surface area contributed by atoms with Crippen LogP contribution in [0.5, 0.6) is 0 Å². The van der Waals surface area contributed by atoms with Crippen molar-refractivity contribution in [2.24, 2.45) is 16.5 Å². The Kier molecular flexibility index (Phi) is 12.5. The Bertz CT molecular complexity index is 1480. The summed E-state index contributed by atoms with van der Waals surface area (Å²) in [6.07, 6.45) is 4.64. The number of carbonyl (C=O) groups is 2. The minimum absolute atomic E-state index is 0.00829. The van der Waals surface area contributed by atoms with Crippen LogP contribution in [-0.2, 0) is 27.2 Å². The molecule has 12 nitrogen and oxygen atoms in total. The van der Waals surface area contributed by atoms with Crippen LogP contribution in [0, 0.1) is 6.92 Å². The third-order valence-electron chi connectivity index (χ3n) is 7.65. The molecule has 7 N–H and O–H groups in total. The summed E-state index contributed by atoms with van der Waals surface area (Å²) in [6, 6.07) is 19.7. The first-order valence-electron chi connectivity index (χ1n) is 15.5. The number of nitrogens with zero attached hydrogens (tertiary/aromatic N) is 3. The van der Waals surface area contributed by atoms with Gasteiger partial charge in [-0.2, -0.15) is 4.98 Å². The number of anilines is 1. The average molecular weight is 617 g/mol. The Morgan fingerprint density at radius 1 is 0.978 bits per heavy atom. The van der Waals surface area contributed by atoms with E-state index in [0.29, 0.717) is 44.6 Å². The second-order valence-electron chi connectivity index (χ2n) is 11.2. The van der Waals surface area contributed by atoms with E-state index in [4.69, 9.17) is 16.2 Å². The zero-order chi connectivity index (χ0) is 32.0. The molecule has 3 aromatic rings. The number of benzene rings is 2. The summed E-state index contributed by atoms with van der Waals surface area (Å²) in [5.74, 6) is 0.242. The number of carbonyl (C=O) groups excluding carboxylic acids is 2. The predicted molar refractivity (Wildman–Crippen MR) is 175 cm³/mol. The Balaban J connectivity index is 1.36. The van der Waals surface area contributed by atoms with E-state index < -0.39 is 24.1 Å². The molecule has 1 aliphatic heterocycles. The van der Waals surface area contributed by atoms with Gasteiger partial charge in [-0.05, 0) is 43.7 Å². The molecule has 2 aromatic carbocycles. The van der Waals surface area contributed by atoms with Crippen molar-refractivity contribution in [3.8, 4) is 0 Å². The lowest BCUT2D eigenvalue weighted by Gasteiger charge is -2.20. The average Bonchev–Trinajstić information content (AvgIpc) is 3.42. The first kappa shape index (κ1) is 33.2. The maximum absolute atomic E-state index is 13.0. The molecule has 3 atom stereocenters. The highest BCUT2D eigenvalue weighted by Crippen LogP contribution is 2.28. The van der Waals surface area contributed by atoms with Crippen LogP contribution in [0.15, 0.2) is 76.6 Å². The number of amides is 2. The van der Waals surface area contributed by atoms with E-state index in [9.17, 15) is 14.4 Å². The van der Waals surface area contributed by atoms with E-state index in [1.54, 1.807) is 6.20 Å². The van der Waals surface area contributed by atoms with Crippen LogP contribution in [0.2, 0.25) is 0 Å². The monoisotopic (exact) mass is 616 g/mol. The van der Waals surface area contributed by atoms with Crippen molar-refractivity contribution in [3.05, 3.63) is 94.0 Å². The number of rotatable bonds is 16. The number of guanidine groups is 1. The highest BCUT2D eigenvalue weighted by molar-refractivity contribution is 5.77. The highest BCUT2D eigenvalue weighted by Gasteiger charge is 2.38. The Morgan fingerprint density at radius 3 is 2.22 bits per heavy atom. The van der Waals surface area contributed by atoms with Crippen molar-refractivity contribution in [2.45, 2.75) is 70.2 Å². The smallest absolute Gasteiger partial charge is 0.351 e. The fourth-order valence-electron chi connectivity index (χ4n) is 5.33. The molecule has 240 valence electrons. The van der Waals surface area contributed by atoms with E-state index in [1.165, 1.54) is 15.7 Å². The van der Waals surface area contributed by atoms with E-state index >= 15 is 0 Å². The fourth-order valence-corrected chi connectivity index (χ4v) is 5.33. The molecule has 2 amide bonds. The number of nitrogens with one attached hydrogen (secondary N) is 3. The van der Waals surface area contributed by atoms with E-state index in [1.807, 2.05) is 67.6 Å². The van der Waals surface area contributed by atoms with E-state index in [-0.39, 0.29) is 24.3 Å². The Hall–Kier alpha value is -4.71. The molecular formula is C33H44N8O4. The Labute approximate surface area is 263 Å². The number of nitrogens with two attached hydrogens (primary N) is 2. The second kappa shape index (κ2) is 17.0. The van der Waals surface area contributed by atoms with Crippen molar-refractivity contribution >= 4 is 23.6 Å². The SMILES string of the molecule is Cc1cn([C@H]2C[C@H](NC(=O)CCCc3ccccc3)[C@@H](CNC(=O)CCCc3ccccc3)O2)c(=O)nc1NCCN=C(N)N. The van der Waals surface area contributed by atoms with Gasteiger partial charge in [0.1, 0.15) is 12.0 Å². The van der Waals surface area contributed by atoms with E-state index in [0.717, 1.165) is 24.8 Å². The van der Waals surface area contributed by atoms with Gasteiger partial charge in [-0.1, -0.05) is 60.7 Å². The molecule has 0 saturated carbocycles.